The number of aromatic nitrogens is 2. The summed E-state index contributed by atoms with van der Waals surface area (Å²) in [6.45, 7) is 1.94. The van der Waals surface area contributed by atoms with Gasteiger partial charge in [-0.15, -0.1) is 0 Å². The molecule has 0 amide bonds. The van der Waals surface area contributed by atoms with E-state index >= 15 is 0 Å². The Morgan fingerprint density at radius 1 is 1.14 bits per heavy atom. The van der Waals surface area contributed by atoms with Crippen molar-refractivity contribution in [3.8, 4) is 0 Å². The third-order valence-electron chi connectivity index (χ3n) is 3.38. The van der Waals surface area contributed by atoms with E-state index in [1.165, 1.54) is 0 Å². The van der Waals surface area contributed by atoms with Gasteiger partial charge in [-0.2, -0.15) is 0 Å². The normalized spacial score (nSPS) is 12.8. The van der Waals surface area contributed by atoms with Gasteiger partial charge >= 0.3 is 5.69 Å². The number of nitrogens with one attached hydrogen (secondary N) is 2. The van der Waals surface area contributed by atoms with Crippen LogP contribution in [-0.4, -0.2) is 15.1 Å². The number of hydrogen-bond donors (Lipinski definition) is 3. The maximum Gasteiger partial charge on any atom is 0.323 e. The fourth-order valence-corrected chi connectivity index (χ4v) is 3.20. The Bertz CT molecular complexity index is 885. The zero-order chi connectivity index (χ0) is 15.1. The van der Waals surface area contributed by atoms with Crippen molar-refractivity contribution in [3.63, 3.8) is 0 Å². The highest BCUT2D eigenvalue weighted by Crippen LogP contribution is 2.34. The Morgan fingerprint density at radius 3 is 2.48 bits per heavy atom. The van der Waals surface area contributed by atoms with Crippen molar-refractivity contribution in [2.24, 2.45) is 0 Å². The molecule has 0 saturated carbocycles. The minimum atomic E-state index is -0.879. The van der Waals surface area contributed by atoms with Crippen LogP contribution in [0.4, 0.5) is 0 Å². The molecule has 1 heterocycles. The minimum Gasteiger partial charge on any atom is -0.384 e. The fourth-order valence-electron chi connectivity index (χ4n) is 2.30. The van der Waals surface area contributed by atoms with Gasteiger partial charge in [0.2, 0.25) is 0 Å². The Labute approximate surface area is 133 Å². The number of aliphatic hydroxyl groups is 1. The van der Waals surface area contributed by atoms with Crippen molar-refractivity contribution in [2.75, 3.05) is 0 Å². The SMILES string of the molecule is Cc1ccc(C(O)c2cc3[nH]c(=O)[nH]c3cc2Br)c(Cl)c1. The predicted molar refractivity (Wildman–Crippen MR) is 86.9 cm³/mol. The van der Waals surface area contributed by atoms with Crippen LogP contribution < -0.4 is 5.69 Å². The molecule has 1 atom stereocenters. The first kappa shape index (κ1) is 14.4. The Kier molecular flexibility index (Phi) is 3.65. The minimum absolute atomic E-state index is 0.281. The van der Waals surface area contributed by atoms with Gasteiger partial charge in [0.25, 0.3) is 0 Å². The molecule has 0 spiro atoms. The maximum atomic E-state index is 11.3. The van der Waals surface area contributed by atoms with Gasteiger partial charge in [-0.05, 0) is 30.7 Å². The summed E-state index contributed by atoms with van der Waals surface area (Å²) in [5.74, 6) is 0. The maximum absolute atomic E-state index is 11.3. The summed E-state index contributed by atoms with van der Waals surface area (Å²) in [6, 6.07) is 9.00. The molecule has 0 bridgehead atoms. The van der Waals surface area contributed by atoms with Crippen LogP contribution in [0.3, 0.4) is 0 Å². The third-order valence-corrected chi connectivity index (χ3v) is 4.39. The number of hydrogen-bond acceptors (Lipinski definition) is 2. The van der Waals surface area contributed by atoms with Crippen LogP contribution in [0, 0.1) is 6.92 Å². The molecule has 2 aromatic carbocycles. The molecule has 0 aliphatic rings. The van der Waals surface area contributed by atoms with Gasteiger partial charge in [0.15, 0.2) is 0 Å². The summed E-state index contributed by atoms with van der Waals surface area (Å²) < 4.78 is 0.703. The summed E-state index contributed by atoms with van der Waals surface area (Å²) in [7, 11) is 0. The number of aliphatic hydroxyl groups excluding tert-OH is 1. The average molecular weight is 368 g/mol. The van der Waals surface area contributed by atoms with Crippen LogP contribution in [0.25, 0.3) is 11.0 Å². The number of H-pyrrole nitrogens is 2. The topological polar surface area (TPSA) is 68.9 Å². The van der Waals surface area contributed by atoms with Crippen molar-refractivity contribution in [1.29, 1.82) is 0 Å². The summed E-state index contributed by atoms with van der Waals surface area (Å²) in [5, 5.41) is 11.1. The van der Waals surface area contributed by atoms with Crippen LogP contribution in [0.5, 0.6) is 0 Å². The zero-order valence-electron chi connectivity index (χ0n) is 11.1. The highest BCUT2D eigenvalue weighted by molar-refractivity contribution is 9.10. The van der Waals surface area contributed by atoms with E-state index in [0.29, 0.717) is 31.7 Å². The van der Waals surface area contributed by atoms with E-state index in [-0.39, 0.29) is 5.69 Å². The van der Waals surface area contributed by atoms with Crippen LogP contribution in [-0.2, 0) is 0 Å². The summed E-state index contributed by atoms with van der Waals surface area (Å²) in [4.78, 5) is 16.7. The van der Waals surface area contributed by atoms with Gasteiger partial charge in [0, 0.05) is 20.6 Å². The van der Waals surface area contributed by atoms with Gasteiger partial charge in [-0.25, -0.2) is 4.79 Å². The number of halogens is 2. The largest absolute Gasteiger partial charge is 0.384 e. The van der Waals surface area contributed by atoms with Crippen LogP contribution in [0.1, 0.15) is 22.8 Å². The van der Waals surface area contributed by atoms with Crippen molar-refractivity contribution >= 4 is 38.6 Å². The number of fused-ring (bicyclic) bond motifs is 1. The first-order valence-corrected chi connectivity index (χ1v) is 7.48. The molecule has 0 aliphatic carbocycles. The second-order valence-corrected chi connectivity index (χ2v) is 6.19. The quantitative estimate of drug-likeness (QED) is 0.647. The lowest BCUT2D eigenvalue weighted by atomic mass is 10.00. The van der Waals surface area contributed by atoms with E-state index in [4.69, 9.17) is 11.6 Å². The first-order chi connectivity index (χ1) is 9.95. The van der Waals surface area contributed by atoms with Crippen molar-refractivity contribution < 1.29 is 5.11 Å². The number of aromatic amines is 2. The highest BCUT2D eigenvalue weighted by Gasteiger charge is 2.18. The predicted octanol–water partition coefficient (Wildman–Crippen LogP) is 3.66. The summed E-state index contributed by atoms with van der Waals surface area (Å²) >= 11 is 9.63. The molecule has 0 saturated heterocycles. The van der Waals surface area contributed by atoms with Gasteiger partial charge < -0.3 is 15.1 Å². The highest BCUT2D eigenvalue weighted by atomic mass is 79.9. The number of rotatable bonds is 2. The molecule has 0 aliphatic heterocycles. The van der Waals surface area contributed by atoms with Crippen molar-refractivity contribution in [3.05, 3.63) is 67.0 Å². The monoisotopic (exact) mass is 366 g/mol. The van der Waals surface area contributed by atoms with Gasteiger partial charge in [-0.1, -0.05) is 39.7 Å². The lowest BCUT2D eigenvalue weighted by Crippen LogP contribution is -2.02. The molecule has 0 fully saturated rings. The van der Waals surface area contributed by atoms with E-state index in [2.05, 4.69) is 25.9 Å². The molecule has 3 rings (SSSR count). The molecular formula is C15H12BrClN2O2. The second-order valence-electron chi connectivity index (χ2n) is 4.93. The van der Waals surface area contributed by atoms with Crippen LogP contribution in [0.2, 0.25) is 5.02 Å². The summed E-state index contributed by atoms with van der Waals surface area (Å²) in [6.07, 6.45) is -0.879. The molecular weight excluding hydrogens is 356 g/mol. The molecule has 6 heteroatoms. The molecule has 4 nitrogen and oxygen atoms in total. The number of benzene rings is 2. The van der Waals surface area contributed by atoms with Gasteiger partial charge in [0.05, 0.1) is 11.0 Å². The van der Waals surface area contributed by atoms with Gasteiger partial charge in [-0.3, -0.25) is 0 Å². The van der Waals surface area contributed by atoms with Crippen LogP contribution in [0.15, 0.2) is 39.6 Å². The van der Waals surface area contributed by atoms with Crippen LogP contribution >= 0.6 is 27.5 Å². The number of imidazole rings is 1. The average Bonchev–Trinajstić information content (AvgIpc) is 2.76. The molecule has 0 radical (unpaired) electrons. The fraction of sp³-hybridized carbons (Fsp3) is 0.133. The summed E-state index contributed by atoms with van der Waals surface area (Å²) in [5.41, 5.74) is 3.33. The standard InChI is InChI=1S/C15H12BrClN2O2/c1-7-2-3-8(11(17)4-7)14(20)9-5-12-13(6-10(9)16)19-15(21)18-12/h2-6,14,20H,1H3,(H2,18,19,21). The first-order valence-electron chi connectivity index (χ1n) is 6.31. The molecule has 1 unspecified atom stereocenters. The van der Waals surface area contributed by atoms with E-state index in [1.807, 2.05) is 19.1 Å². The third kappa shape index (κ3) is 2.64. The van der Waals surface area contributed by atoms with Crippen molar-refractivity contribution in [2.45, 2.75) is 13.0 Å². The van der Waals surface area contributed by atoms with Crippen molar-refractivity contribution in [1.82, 2.24) is 9.97 Å². The molecule has 21 heavy (non-hydrogen) atoms. The number of aryl methyl sites for hydroxylation is 1. The second kappa shape index (κ2) is 5.33. The molecule has 3 aromatic rings. The van der Waals surface area contributed by atoms with E-state index < -0.39 is 6.10 Å². The smallest absolute Gasteiger partial charge is 0.323 e. The molecule has 108 valence electrons. The Balaban J connectivity index is 2.14. The Hall–Kier alpha value is -1.56. The molecule has 3 N–H and O–H groups in total. The van der Waals surface area contributed by atoms with E-state index in [9.17, 15) is 9.90 Å². The Morgan fingerprint density at radius 2 is 1.81 bits per heavy atom. The molecule has 1 aromatic heterocycles. The zero-order valence-corrected chi connectivity index (χ0v) is 13.4. The lowest BCUT2D eigenvalue weighted by molar-refractivity contribution is 0.220. The lowest BCUT2D eigenvalue weighted by Gasteiger charge is -2.15. The van der Waals surface area contributed by atoms with E-state index in [0.717, 1.165) is 5.56 Å². The van der Waals surface area contributed by atoms with Gasteiger partial charge in [0.1, 0.15) is 6.10 Å². The van der Waals surface area contributed by atoms with E-state index in [1.54, 1.807) is 18.2 Å².